The van der Waals surface area contributed by atoms with E-state index in [1.807, 2.05) is 63.2 Å². The van der Waals surface area contributed by atoms with Crippen molar-refractivity contribution >= 4 is 28.6 Å². The molecule has 0 saturated carbocycles. The normalized spacial score (nSPS) is 13.1. The minimum Gasteiger partial charge on any atom is -0.496 e. The maximum atomic E-state index is 13.0. The molecule has 0 fully saturated rings. The summed E-state index contributed by atoms with van der Waals surface area (Å²) in [5.74, 6) is 0.775. The molecule has 6 nitrogen and oxygen atoms in total. The maximum Gasteiger partial charge on any atom is 0.262 e. The molecule has 0 aliphatic heterocycles. The Morgan fingerprint density at radius 1 is 1.17 bits per heavy atom. The van der Waals surface area contributed by atoms with Crippen LogP contribution in [0.5, 0.6) is 5.75 Å². The fourth-order valence-electron chi connectivity index (χ4n) is 3.31. The Hall–Kier alpha value is -2.80. The van der Waals surface area contributed by atoms with Crippen molar-refractivity contribution in [1.29, 1.82) is 0 Å². The van der Waals surface area contributed by atoms with Gasteiger partial charge in [0.1, 0.15) is 5.75 Å². The Labute approximate surface area is 180 Å². The van der Waals surface area contributed by atoms with Crippen LogP contribution in [0.4, 0.5) is 0 Å². The number of nitrogens with one attached hydrogen (secondary N) is 1. The molecule has 0 saturated heterocycles. The van der Waals surface area contributed by atoms with E-state index in [9.17, 15) is 9.59 Å². The van der Waals surface area contributed by atoms with Crippen molar-refractivity contribution in [2.24, 2.45) is 0 Å². The Kier molecular flexibility index (Phi) is 7.15. The molecule has 3 aromatic rings. The molecule has 0 radical (unpaired) electrons. The summed E-state index contributed by atoms with van der Waals surface area (Å²) >= 11 is 1.28. The summed E-state index contributed by atoms with van der Waals surface area (Å²) in [6, 6.07) is 14.7. The largest absolute Gasteiger partial charge is 0.496 e. The number of hydrogen-bond acceptors (Lipinski definition) is 5. The van der Waals surface area contributed by atoms with Gasteiger partial charge < -0.3 is 10.1 Å². The molecule has 158 valence electrons. The number of para-hydroxylation sites is 2. The summed E-state index contributed by atoms with van der Waals surface area (Å²) in [6.07, 6.45) is 0.796. The van der Waals surface area contributed by atoms with Gasteiger partial charge in [0.05, 0.1) is 29.8 Å². The van der Waals surface area contributed by atoms with Crippen LogP contribution in [-0.2, 0) is 4.79 Å². The van der Waals surface area contributed by atoms with Crippen LogP contribution in [0.3, 0.4) is 0 Å². The van der Waals surface area contributed by atoms with Crippen LogP contribution in [0.1, 0.15) is 44.8 Å². The second-order valence-electron chi connectivity index (χ2n) is 7.16. The lowest BCUT2D eigenvalue weighted by atomic mass is 10.1. The molecular formula is C23H27N3O3S. The lowest BCUT2D eigenvalue weighted by molar-refractivity contribution is -0.119. The maximum absolute atomic E-state index is 13.0. The van der Waals surface area contributed by atoms with Crippen LogP contribution in [0.2, 0.25) is 0 Å². The summed E-state index contributed by atoms with van der Waals surface area (Å²) in [6.45, 7) is 5.94. The lowest BCUT2D eigenvalue weighted by Gasteiger charge is -2.19. The molecular weight excluding hydrogens is 398 g/mol. The summed E-state index contributed by atoms with van der Waals surface area (Å²) in [7, 11) is 1.61. The summed E-state index contributed by atoms with van der Waals surface area (Å²) in [4.78, 5) is 30.3. The monoisotopic (exact) mass is 425 g/mol. The van der Waals surface area contributed by atoms with Gasteiger partial charge in [-0.3, -0.25) is 14.2 Å². The first-order valence-electron chi connectivity index (χ1n) is 10.0. The lowest BCUT2D eigenvalue weighted by Crippen LogP contribution is -2.30. The van der Waals surface area contributed by atoms with E-state index in [1.54, 1.807) is 17.7 Å². The van der Waals surface area contributed by atoms with E-state index in [1.165, 1.54) is 11.8 Å². The fraction of sp³-hybridized carbons (Fsp3) is 0.348. The highest BCUT2D eigenvalue weighted by Gasteiger charge is 2.18. The second-order valence-corrected chi connectivity index (χ2v) is 8.11. The highest BCUT2D eigenvalue weighted by Crippen LogP contribution is 2.25. The zero-order chi connectivity index (χ0) is 21.7. The van der Waals surface area contributed by atoms with Gasteiger partial charge in [-0.25, -0.2) is 4.98 Å². The Bertz CT molecular complexity index is 1100. The van der Waals surface area contributed by atoms with E-state index in [0.29, 0.717) is 16.1 Å². The Balaban J connectivity index is 1.79. The standard InChI is InChI=1S/C23H27N3O3S/c1-5-15(2)26-22(28)18-11-6-8-12-19(18)25-23(26)30-14-21(27)24-16(3)17-10-7-9-13-20(17)29-4/h6-13,15-16H,5,14H2,1-4H3,(H,24,27)/t15-,16-/m1/s1. The highest BCUT2D eigenvalue weighted by molar-refractivity contribution is 7.99. The molecule has 0 aliphatic carbocycles. The molecule has 30 heavy (non-hydrogen) atoms. The second kappa shape index (κ2) is 9.80. The molecule has 1 amide bonds. The van der Waals surface area contributed by atoms with Crippen molar-refractivity contribution in [3.63, 3.8) is 0 Å². The van der Waals surface area contributed by atoms with Crippen molar-refractivity contribution in [3.8, 4) is 5.75 Å². The molecule has 2 aromatic carbocycles. The van der Waals surface area contributed by atoms with Crippen LogP contribution >= 0.6 is 11.8 Å². The molecule has 7 heteroatoms. The van der Waals surface area contributed by atoms with Gasteiger partial charge in [-0.2, -0.15) is 0 Å². The van der Waals surface area contributed by atoms with Crippen LogP contribution < -0.4 is 15.6 Å². The van der Waals surface area contributed by atoms with E-state index >= 15 is 0 Å². The third kappa shape index (κ3) is 4.67. The van der Waals surface area contributed by atoms with Gasteiger partial charge in [0.25, 0.3) is 5.56 Å². The number of rotatable bonds is 8. The number of carbonyl (C=O) groups excluding carboxylic acids is 1. The summed E-state index contributed by atoms with van der Waals surface area (Å²) in [5.41, 5.74) is 1.49. The van der Waals surface area contributed by atoms with E-state index in [-0.39, 0.29) is 29.3 Å². The number of nitrogens with zero attached hydrogens (tertiary/aromatic N) is 2. The molecule has 2 atom stereocenters. The minimum atomic E-state index is -0.199. The zero-order valence-electron chi connectivity index (χ0n) is 17.7. The van der Waals surface area contributed by atoms with Gasteiger partial charge in [-0.1, -0.05) is 49.0 Å². The smallest absolute Gasteiger partial charge is 0.262 e. The van der Waals surface area contributed by atoms with Gasteiger partial charge in [0.15, 0.2) is 5.16 Å². The number of ether oxygens (including phenoxy) is 1. The van der Waals surface area contributed by atoms with Crippen LogP contribution in [0.25, 0.3) is 10.9 Å². The van der Waals surface area contributed by atoms with Crippen molar-refractivity contribution in [2.75, 3.05) is 12.9 Å². The van der Waals surface area contributed by atoms with Gasteiger partial charge in [0.2, 0.25) is 5.91 Å². The predicted molar refractivity (Wildman–Crippen MR) is 121 cm³/mol. The number of aromatic nitrogens is 2. The third-order valence-corrected chi connectivity index (χ3v) is 6.08. The van der Waals surface area contributed by atoms with Gasteiger partial charge in [-0.05, 0) is 38.5 Å². The molecule has 1 aromatic heterocycles. The third-order valence-electron chi connectivity index (χ3n) is 5.12. The SMILES string of the molecule is CC[C@@H](C)n1c(SCC(=O)N[C@H](C)c2ccccc2OC)nc2ccccc2c1=O. The van der Waals surface area contributed by atoms with Gasteiger partial charge >= 0.3 is 0 Å². The number of fused-ring (bicyclic) bond motifs is 1. The summed E-state index contributed by atoms with van der Waals surface area (Å²) < 4.78 is 7.08. The molecule has 0 bridgehead atoms. The number of carbonyl (C=O) groups is 1. The number of benzene rings is 2. The predicted octanol–water partition coefficient (Wildman–Crippen LogP) is 4.35. The Morgan fingerprint density at radius 2 is 1.87 bits per heavy atom. The summed E-state index contributed by atoms with van der Waals surface area (Å²) in [5, 5.41) is 4.16. The number of amides is 1. The average molecular weight is 426 g/mol. The van der Waals surface area contributed by atoms with Gasteiger partial charge in [-0.15, -0.1) is 0 Å². The average Bonchev–Trinajstić information content (AvgIpc) is 2.77. The van der Waals surface area contributed by atoms with Crippen molar-refractivity contribution in [3.05, 3.63) is 64.4 Å². The molecule has 3 rings (SSSR count). The van der Waals surface area contributed by atoms with E-state index in [0.717, 1.165) is 17.7 Å². The van der Waals surface area contributed by atoms with Gasteiger partial charge in [0, 0.05) is 11.6 Å². The quantitative estimate of drug-likeness (QED) is 0.429. The van der Waals surface area contributed by atoms with E-state index in [2.05, 4.69) is 10.3 Å². The highest BCUT2D eigenvalue weighted by atomic mass is 32.2. The van der Waals surface area contributed by atoms with E-state index in [4.69, 9.17) is 4.74 Å². The van der Waals surface area contributed by atoms with E-state index < -0.39 is 0 Å². The minimum absolute atomic E-state index is 0.00679. The van der Waals surface area contributed by atoms with Crippen LogP contribution in [0, 0.1) is 0 Å². The van der Waals surface area contributed by atoms with Crippen molar-refractivity contribution in [2.45, 2.75) is 44.4 Å². The number of methoxy groups -OCH3 is 1. The van der Waals surface area contributed by atoms with Crippen molar-refractivity contribution < 1.29 is 9.53 Å². The van der Waals surface area contributed by atoms with Crippen molar-refractivity contribution in [1.82, 2.24) is 14.9 Å². The molecule has 0 unspecified atom stereocenters. The number of thioether (sulfide) groups is 1. The molecule has 0 spiro atoms. The first-order valence-corrected chi connectivity index (χ1v) is 11.0. The Morgan fingerprint density at radius 3 is 2.60 bits per heavy atom. The zero-order valence-corrected chi connectivity index (χ0v) is 18.5. The fourth-order valence-corrected chi connectivity index (χ4v) is 4.22. The number of hydrogen-bond donors (Lipinski definition) is 1. The first-order chi connectivity index (χ1) is 14.5. The molecule has 0 aliphatic rings. The molecule has 1 N–H and O–H groups in total. The van der Waals surface area contributed by atoms with Crippen LogP contribution in [0.15, 0.2) is 58.5 Å². The topological polar surface area (TPSA) is 73.2 Å². The first kappa shape index (κ1) is 21.9. The van der Waals surface area contributed by atoms with Crippen LogP contribution in [-0.4, -0.2) is 28.3 Å². The molecule has 1 heterocycles.